The van der Waals surface area contributed by atoms with Crippen LogP contribution in [0.25, 0.3) is 0 Å². The fourth-order valence-corrected chi connectivity index (χ4v) is 2.03. The lowest BCUT2D eigenvalue weighted by molar-refractivity contribution is -0.384. The molecule has 2 rings (SSSR count). The van der Waals surface area contributed by atoms with E-state index in [1.807, 2.05) is 0 Å². The first-order chi connectivity index (χ1) is 11.9. The molecule has 0 bridgehead atoms. The molecule has 0 spiro atoms. The summed E-state index contributed by atoms with van der Waals surface area (Å²) in [6, 6.07) is 9.44. The molecule has 10 heteroatoms. The molecule has 0 saturated heterocycles. The average Bonchev–Trinajstić information content (AvgIpc) is 2.60. The predicted octanol–water partition coefficient (Wildman–Crippen LogP) is 2.74. The van der Waals surface area contributed by atoms with Gasteiger partial charge >= 0.3 is 0 Å². The van der Waals surface area contributed by atoms with Crippen LogP contribution in [0, 0.1) is 10.1 Å². The van der Waals surface area contributed by atoms with Gasteiger partial charge in [-0.3, -0.25) is 30.6 Å². The van der Waals surface area contributed by atoms with Crippen LogP contribution >= 0.6 is 23.2 Å². The van der Waals surface area contributed by atoms with Gasteiger partial charge in [0.1, 0.15) is 5.75 Å². The summed E-state index contributed by atoms with van der Waals surface area (Å²) in [5.74, 6) is -1.04. The van der Waals surface area contributed by atoms with Gasteiger partial charge in [-0.2, -0.15) is 0 Å². The average molecular weight is 384 g/mol. The van der Waals surface area contributed by atoms with Crippen molar-refractivity contribution in [2.24, 2.45) is 0 Å². The molecule has 0 fully saturated rings. The molecule has 25 heavy (non-hydrogen) atoms. The molecule has 0 saturated carbocycles. The van der Waals surface area contributed by atoms with Crippen molar-refractivity contribution in [2.45, 2.75) is 0 Å². The molecule has 2 amide bonds. The fraction of sp³-hybridized carbons (Fsp3) is 0.0667. The van der Waals surface area contributed by atoms with Gasteiger partial charge in [-0.1, -0.05) is 23.2 Å². The van der Waals surface area contributed by atoms with Crippen molar-refractivity contribution in [2.75, 3.05) is 6.61 Å². The van der Waals surface area contributed by atoms with Crippen molar-refractivity contribution in [3.8, 4) is 5.75 Å². The highest BCUT2D eigenvalue weighted by molar-refractivity contribution is 6.34. The summed E-state index contributed by atoms with van der Waals surface area (Å²) in [5, 5.41) is 11.2. The number of non-ortho nitro benzene ring substituents is 1. The summed E-state index contributed by atoms with van der Waals surface area (Å²) >= 11 is 11.7. The minimum absolute atomic E-state index is 0.143. The number of halogens is 2. The minimum Gasteiger partial charge on any atom is -0.482 e. The smallest absolute Gasteiger partial charge is 0.276 e. The Bertz CT molecular complexity index is 811. The number of hydrazine groups is 1. The maximum absolute atomic E-state index is 11.8. The van der Waals surface area contributed by atoms with Crippen LogP contribution in [0.5, 0.6) is 5.75 Å². The summed E-state index contributed by atoms with van der Waals surface area (Å²) in [4.78, 5) is 33.5. The molecule has 2 aromatic carbocycles. The molecule has 0 unspecified atom stereocenters. The maximum atomic E-state index is 11.8. The Morgan fingerprint density at radius 3 is 2.40 bits per heavy atom. The molecular weight excluding hydrogens is 373 g/mol. The van der Waals surface area contributed by atoms with Crippen molar-refractivity contribution < 1.29 is 19.2 Å². The number of nitro groups is 1. The van der Waals surface area contributed by atoms with E-state index in [9.17, 15) is 19.7 Å². The second kappa shape index (κ2) is 8.32. The third-order valence-electron chi connectivity index (χ3n) is 2.91. The van der Waals surface area contributed by atoms with Gasteiger partial charge in [-0.25, -0.2) is 0 Å². The van der Waals surface area contributed by atoms with Crippen molar-refractivity contribution in [3.63, 3.8) is 0 Å². The van der Waals surface area contributed by atoms with Gasteiger partial charge in [0.25, 0.3) is 17.5 Å². The van der Waals surface area contributed by atoms with Gasteiger partial charge < -0.3 is 4.74 Å². The fourth-order valence-electron chi connectivity index (χ4n) is 1.70. The Kier molecular flexibility index (Phi) is 6.15. The highest BCUT2D eigenvalue weighted by Crippen LogP contribution is 2.27. The number of benzene rings is 2. The Morgan fingerprint density at radius 2 is 1.76 bits per heavy atom. The first-order valence-electron chi connectivity index (χ1n) is 6.78. The van der Waals surface area contributed by atoms with E-state index in [2.05, 4.69) is 10.9 Å². The highest BCUT2D eigenvalue weighted by atomic mass is 35.5. The largest absolute Gasteiger partial charge is 0.482 e. The number of nitrogens with one attached hydrogen (secondary N) is 2. The lowest BCUT2D eigenvalue weighted by atomic mass is 10.2. The number of hydrogen-bond acceptors (Lipinski definition) is 5. The van der Waals surface area contributed by atoms with Crippen molar-refractivity contribution in [1.29, 1.82) is 0 Å². The van der Waals surface area contributed by atoms with Crippen molar-refractivity contribution >= 4 is 40.7 Å². The van der Waals surface area contributed by atoms with E-state index in [-0.39, 0.29) is 22.0 Å². The van der Waals surface area contributed by atoms with Crippen molar-refractivity contribution in [1.82, 2.24) is 10.9 Å². The van der Waals surface area contributed by atoms with E-state index < -0.39 is 23.3 Å². The standard InChI is InChI=1S/C15H11Cl2N3O5/c16-10-3-6-12(17)13(7-10)25-8-14(21)18-19-15(22)9-1-4-11(5-2-9)20(23)24/h1-7H,8H2,(H,18,21)(H,19,22). The van der Waals surface area contributed by atoms with Crippen LogP contribution in [0.4, 0.5) is 5.69 Å². The van der Waals surface area contributed by atoms with Crippen LogP contribution in [0.1, 0.15) is 10.4 Å². The van der Waals surface area contributed by atoms with E-state index in [4.69, 9.17) is 27.9 Å². The monoisotopic (exact) mass is 383 g/mol. The number of amides is 2. The Hall–Kier alpha value is -2.84. The summed E-state index contributed by atoms with van der Waals surface area (Å²) in [5.41, 5.74) is 4.31. The van der Waals surface area contributed by atoms with Gasteiger partial charge in [0, 0.05) is 28.8 Å². The molecular formula is C15H11Cl2N3O5. The number of ether oxygens (including phenoxy) is 1. The zero-order chi connectivity index (χ0) is 18.4. The van der Waals surface area contributed by atoms with E-state index in [0.29, 0.717) is 5.02 Å². The summed E-state index contributed by atoms with van der Waals surface area (Å²) in [7, 11) is 0. The molecule has 0 radical (unpaired) electrons. The number of rotatable bonds is 5. The number of carbonyl (C=O) groups excluding carboxylic acids is 2. The van der Waals surface area contributed by atoms with E-state index >= 15 is 0 Å². The number of carbonyl (C=O) groups is 2. The Morgan fingerprint density at radius 1 is 1.08 bits per heavy atom. The zero-order valence-electron chi connectivity index (χ0n) is 12.5. The summed E-state index contributed by atoms with van der Waals surface area (Å²) in [6.07, 6.45) is 0. The minimum atomic E-state index is -0.635. The molecule has 0 heterocycles. The van der Waals surface area contributed by atoms with Crippen LogP contribution < -0.4 is 15.6 Å². The molecule has 0 aliphatic carbocycles. The first kappa shape index (κ1) is 18.5. The second-order valence-electron chi connectivity index (χ2n) is 4.67. The molecule has 0 aromatic heterocycles. The number of hydrogen-bond donors (Lipinski definition) is 2. The quantitative estimate of drug-likeness (QED) is 0.608. The third kappa shape index (κ3) is 5.33. The summed E-state index contributed by atoms with van der Waals surface area (Å²) < 4.78 is 5.20. The van der Waals surface area contributed by atoms with Gasteiger partial charge in [0.15, 0.2) is 6.61 Å². The maximum Gasteiger partial charge on any atom is 0.276 e. The third-order valence-corrected chi connectivity index (χ3v) is 3.46. The van der Waals surface area contributed by atoms with Gasteiger partial charge in [0.2, 0.25) is 0 Å². The lowest BCUT2D eigenvalue weighted by Gasteiger charge is -2.10. The van der Waals surface area contributed by atoms with Crippen molar-refractivity contribution in [3.05, 3.63) is 68.2 Å². The highest BCUT2D eigenvalue weighted by Gasteiger charge is 2.11. The van der Waals surface area contributed by atoms with E-state index in [1.165, 1.54) is 36.4 Å². The molecule has 8 nitrogen and oxygen atoms in total. The normalized spacial score (nSPS) is 10.0. The molecule has 2 aromatic rings. The van der Waals surface area contributed by atoms with Gasteiger partial charge in [0.05, 0.1) is 9.95 Å². The van der Waals surface area contributed by atoms with Gasteiger partial charge in [-0.15, -0.1) is 0 Å². The molecule has 2 N–H and O–H groups in total. The molecule has 0 aliphatic heterocycles. The lowest BCUT2D eigenvalue weighted by Crippen LogP contribution is -2.43. The van der Waals surface area contributed by atoms with Crippen LogP contribution in [0.2, 0.25) is 10.0 Å². The van der Waals surface area contributed by atoms with E-state index in [0.717, 1.165) is 0 Å². The number of nitrogens with zero attached hydrogens (tertiary/aromatic N) is 1. The van der Waals surface area contributed by atoms with Crippen LogP contribution in [0.15, 0.2) is 42.5 Å². The Labute approximate surface area is 151 Å². The van der Waals surface area contributed by atoms with Crippen LogP contribution in [-0.4, -0.2) is 23.3 Å². The van der Waals surface area contributed by atoms with Crippen LogP contribution in [-0.2, 0) is 4.79 Å². The molecule has 130 valence electrons. The SMILES string of the molecule is O=C(COc1cc(Cl)ccc1Cl)NNC(=O)c1ccc([N+](=O)[O-])cc1. The summed E-state index contributed by atoms with van der Waals surface area (Å²) in [6.45, 7) is -0.402. The predicted molar refractivity (Wildman–Crippen MR) is 90.7 cm³/mol. The second-order valence-corrected chi connectivity index (χ2v) is 5.51. The molecule has 0 atom stereocenters. The van der Waals surface area contributed by atoms with E-state index in [1.54, 1.807) is 6.07 Å². The van der Waals surface area contributed by atoms with Crippen LogP contribution in [0.3, 0.4) is 0 Å². The first-order valence-corrected chi connectivity index (χ1v) is 7.54. The zero-order valence-corrected chi connectivity index (χ0v) is 14.0. The number of nitro benzene ring substituents is 1. The molecule has 0 aliphatic rings. The van der Waals surface area contributed by atoms with Gasteiger partial charge in [-0.05, 0) is 24.3 Å². The Balaban J connectivity index is 1.84. The topological polar surface area (TPSA) is 111 Å².